The number of hydrogen-bond donors (Lipinski definition) is 1. The molecule has 0 saturated carbocycles. The van der Waals surface area contributed by atoms with E-state index >= 15 is 0 Å². The van der Waals surface area contributed by atoms with Crippen molar-refractivity contribution in [2.75, 3.05) is 16.2 Å². The molecule has 1 aliphatic rings. The van der Waals surface area contributed by atoms with Crippen LogP contribution in [0.25, 0.3) is 11.1 Å². The molecule has 0 atom stereocenters. The van der Waals surface area contributed by atoms with Gasteiger partial charge in [0.05, 0.1) is 10.6 Å². The zero-order valence-electron chi connectivity index (χ0n) is 15.6. The maximum absolute atomic E-state index is 12.9. The van der Waals surface area contributed by atoms with E-state index in [-0.39, 0.29) is 10.8 Å². The van der Waals surface area contributed by atoms with Crippen LogP contribution in [0.5, 0.6) is 0 Å². The summed E-state index contributed by atoms with van der Waals surface area (Å²) in [4.78, 5) is 13.0. The van der Waals surface area contributed by atoms with Crippen LogP contribution in [0.15, 0.2) is 71.6 Å². The molecular weight excluding hydrogens is 372 g/mol. The van der Waals surface area contributed by atoms with E-state index in [1.54, 1.807) is 49.4 Å². The molecule has 1 amide bonds. The number of nitrogens with zero attached hydrogens (tertiary/aromatic N) is 1. The van der Waals surface area contributed by atoms with Crippen LogP contribution in [-0.4, -0.2) is 20.9 Å². The van der Waals surface area contributed by atoms with E-state index in [1.807, 2.05) is 31.2 Å². The molecule has 0 spiro atoms. The summed E-state index contributed by atoms with van der Waals surface area (Å²) in [6.45, 7) is 4.08. The molecule has 6 heteroatoms. The highest BCUT2D eigenvalue weighted by molar-refractivity contribution is 7.93. The Balaban J connectivity index is 1.79. The van der Waals surface area contributed by atoms with Gasteiger partial charge >= 0.3 is 0 Å². The molecule has 1 heterocycles. The molecule has 28 heavy (non-hydrogen) atoms. The lowest BCUT2D eigenvalue weighted by Gasteiger charge is -2.31. The first kappa shape index (κ1) is 18.3. The van der Waals surface area contributed by atoms with Gasteiger partial charge in [0, 0.05) is 28.9 Å². The maximum atomic E-state index is 12.9. The van der Waals surface area contributed by atoms with Gasteiger partial charge in [0.15, 0.2) is 0 Å². The van der Waals surface area contributed by atoms with E-state index in [4.69, 9.17) is 0 Å². The van der Waals surface area contributed by atoms with E-state index in [9.17, 15) is 13.2 Å². The number of carbonyl (C=O) groups excluding carboxylic acids is 1. The molecule has 3 aromatic rings. The number of benzene rings is 3. The van der Waals surface area contributed by atoms with Gasteiger partial charge in [0.1, 0.15) is 0 Å². The zero-order valence-corrected chi connectivity index (χ0v) is 16.5. The summed E-state index contributed by atoms with van der Waals surface area (Å²) in [6, 6.07) is 19.6. The standard InChI is InChI=1S/C22H20N2O3S/c1-3-24-20-12-11-16(22(25)23-17-8-6-7-15(2)13-17)14-19(20)18-9-4-5-10-21(18)28(24,26)27/h4-14H,3H2,1-2H3,(H,23,25). The first-order valence-electron chi connectivity index (χ1n) is 9.06. The van der Waals surface area contributed by atoms with Crippen LogP contribution in [-0.2, 0) is 10.0 Å². The molecule has 142 valence electrons. The summed E-state index contributed by atoms with van der Waals surface area (Å²) in [5.41, 5.74) is 4.21. The van der Waals surface area contributed by atoms with Gasteiger partial charge in [-0.3, -0.25) is 9.10 Å². The molecule has 0 saturated heterocycles. The first-order chi connectivity index (χ1) is 13.4. The van der Waals surface area contributed by atoms with Gasteiger partial charge in [-0.2, -0.15) is 0 Å². The lowest BCUT2D eigenvalue weighted by molar-refractivity contribution is 0.102. The number of aryl methyl sites for hydroxylation is 1. The van der Waals surface area contributed by atoms with E-state index in [0.29, 0.717) is 23.4 Å². The Morgan fingerprint density at radius 2 is 1.75 bits per heavy atom. The highest BCUT2D eigenvalue weighted by Crippen LogP contribution is 2.43. The summed E-state index contributed by atoms with van der Waals surface area (Å²) < 4.78 is 27.3. The number of sulfonamides is 1. The largest absolute Gasteiger partial charge is 0.322 e. The fourth-order valence-electron chi connectivity index (χ4n) is 3.54. The van der Waals surface area contributed by atoms with Gasteiger partial charge in [-0.1, -0.05) is 30.3 Å². The second-order valence-electron chi connectivity index (χ2n) is 6.72. The Hall–Kier alpha value is -3.12. The summed E-state index contributed by atoms with van der Waals surface area (Å²) in [7, 11) is -3.60. The van der Waals surface area contributed by atoms with Crippen LogP contribution in [0, 0.1) is 6.92 Å². The van der Waals surface area contributed by atoms with E-state index in [1.165, 1.54) is 4.31 Å². The van der Waals surface area contributed by atoms with Crippen molar-refractivity contribution in [3.05, 3.63) is 77.9 Å². The van der Waals surface area contributed by atoms with Crippen molar-refractivity contribution >= 4 is 27.3 Å². The van der Waals surface area contributed by atoms with Crippen molar-refractivity contribution in [1.29, 1.82) is 0 Å². The average molecular weight is 392 g/mol. The van der Waals surface area contributed by atoms with Crippen LogP contribution in [0.1, 0.15) is 22.8 Å². The predicted octanol–water partition coefficient (Wildman–Crippen LogP) is 4.44. The van der Waals surface area contributed by atoms with E-state index in [2.05, 4.69) is 5.32 Å². The normalized spacial score (nSPS) is 14.1. The Bertz CT molecular complexity index is 1190. The highest BCUT2D eigenvalue weighted by atomic mass is 32.2. The molecule has 0 aliphatic carbocycles. The number of nitrogens with one attached hydrogen (secondary N) is 1. The van der Waals surface area contributed by atoms with Crippen molar-refractivity contribution in [2.24, 2.45) is 0 Å². The molecule has 0 radical (unpaired) electrons. The lowest BCUT2D eigenvalue weighted by Crippen LogP contribution is -2.34. The molecule has 1 N–H and O–H groups in total. The van der Waals surface area contributed by atoms with Gasteiger partial charge in [0.2, 0.25) is 0 Å². The van der Waals surface area contributed by atoms with E-state index < -0.39 is 10.0 Å². The van der Waals surface area contributed by atoms with Gasteiger partial charge < -0.3 is 5.32 Å². The molecule has 0 bridgehead atoms. The van der Waals surface area contributed by atoms with Crippen molar-refractivity contribution in [3.8, 4) is 11.1 Å². The minimum atomic E-state index is -3.60. The number of anilines is 2. The third-order valence-electron chi connectivity index (χ3n) is 4.84. The van der Waals surface area contributed by atoms with Gasteiger partial charge in [-0.15, -0.1) is 0 Å². The third-order valence-corrected chi connectivity index (χ3v) is 6.78. The summed E-state index contributed by atoms with van der Waals surface area (Å²) in [5, 5.41) is 2.90. The van der Waals surface area contributed by atoms with Gasteiger partial charge in [-0.05, 0) is 55.8 Å². The first-order valence-corrected chi connectivity index (χ1v) is 10.5. The molecule has 4 rings (SSSR count). The third kappa shape index (κ3) is 2.96. The number of hydrogen-bond acceptors (Lipinski definition) is 3. The number of fused-ring (bicyclic) bond motifs is 3. The molecule has 1 aliphatic heterocycles. The lowest BCUT2D eigenvalue weighted by atomic mass is 10.00. The summed E-state index contributed by atoms with van der Waals surface area (Å²) >= 11 is 0. The van der Waals surface area contributed by atoms with Gasteiger partial charge in [-0.25, -0.2) is 8.42 Å². The molecule has 5 nitrogen and oxygen atoms in total. The predicted molar refractivity (Wildman–Crippen MR) is 111 cm³/mol. The zero-order chi connectivity index (χ0) is 19.9. The molecule has 0 fully saturated rings. The number of amides is 1. The fourth-order valence-corrected chi connectivity index (χ4v) is 5.24. The average Bonchev–Trinajstić information content (AvgIpc) is 2.68. The second kappa shape index (κ2) is 6.80. The summed E-state index contributed by atoms with van der Waals surface area (Å²) in [5.74, 6) is -0.234. The van der Waals surface area contributed by atoms with Crippen molar-refractivity contribution < 1.29 is 13.2 Å². The summed E-state index contributed by atoms with van der Waals surface area (Å²) in [6.07, 6.45) is 0. The monoisotopic (exact) mass is 392 g/mol. The van der Waals surface area contributed by atoms with Crippen LogP contribution in [0.3, 0.4) is 0 Å². The SMILES string of the molecule is CCN1c2ccc(C(=O)Nc3cccc(C)c3)cc2-c2ccccc2S1(=O)=O. The quantitative estimate of drug-likeness (QED) is 0.716. The fraction of sp³-hybridized carbons (Fsp3) is 0.136. The van der Waals surface area contributed by atoms with Gasteiger partial charge in [0.25, 0.3) is 15.9 Å². The van der Waals surface area contributed by atoms with Crippen LogP contribution < -0.4 is 9.62 Å². The number of rotatable bonds is 3. The highest BCUT2D eigenvalue weighted by Gasteiger charge is 2.34. The Morgan fingerprint density at radius 3 is 2.50 bits per heavy atom. The van der Waals surface area contributed by atoms with E-state index in [0.717, 1.165) is 16.8 Å². The Labute approximate surface area is 164 Å². The van der Waals surface area contributed by atoms with Crippen molar-refractivity contribution in [3.63, 3.8) is 0 Å². The Morgan fingerprint density at radius 1 is 0.964 bits per heavy atom. The van der Waals surface area contributed by atoms with Crippen LogP contribution in [0.4, 0.5) is 11.4 Å². The maximum Gasteiger partial charge on any atom is 0.264 e. The molecule has 0 unspecified atom stereocenters. The molecular formula is C22H20N2O3S. The minimum absolute atomic E-state index is 0.234. The Kier molecular flexibility index (Phi) is 4.43. The number of carbonyl (C=O) groups is 1. The second-order valence-corrected chi connectivity index (χ2v) is 8.55. The van der Waals surface area contributed by atoms with Crippen molar-refractivity contribution in [1.82, 2.24) is 0 Å². The van der Waals surface area contributed by atoms with Crippen molar-refractivity contribution in [2.45, 2.75) is 18.7 Å². The smallest absolute Gasteiger partial charge is 0.264 e. The van der Waals surface area contributed by atoms with Crippen LogP contribution >= 0.6 is 0 Å². The molecule has 3 aromatic carbocycles. The van der Waals surface area contributed by atoms with Crippen LogP contribution in [0.2, 0.25) is 0 Å². The molecule has 0 aromatic heterocycles. The minimum Gasteiger partial charge on any atom is -0.322 e. The topological polar surface area (TPSA) is 66.5 Å².